The third kappa shape index (κ3) is 3.88. The molecule has 4 nitrogen and oxygen atoms in total. The first-order valence-corrected chi connectivity index (χ1v) is 8.85. The highest BCUT2D eigenvalue weighted by atomic mass is 79.9. The Labute approximate surface area is 145 Å². The van der Waals surface area contributed by atoms with Crippen molar-refractivity contribution < 1.29 is 9.53 Å². The Hall–Kier alpha value is -1.51. The van der Waals surface area contributed by atoms with E-state index < -0.39 is 0 Å². The van der Waals surface area contributed by atoms with E-state index in [-0.39, 0.29) is 17.9 Å². The molecule has 2 heterocycles. The molecule has 1 aromatic rings. The van der Waals surface area contributed by atoms with E-state index >= 15 is 0 Å². The highest BCUT2D eigenvalue weighted by Gasteiger charge is 2.29. The van der Waals surface area contributed by atoms with Gasteiger partial charge in [0.1, 0.15) is 5.75 Å². The van der Waals surface area contributed by atoms with Crippen LogP contribution in [-0.2, 0) is 4.79 Å². The van der Waals surface area contributed by atoms with Gasteiger partial charge >= 0.3 is 0 Å². The molecule has 0 radical (unpaired) electrons. The normalized spacial score (nSPS) is 21.8. The second-order valence-electron chi connectivity index (χ2n) is 6.14. The molecule has 122 valence electrons. The highest BCUT2D eigenvalue weighted by Crippen LogP contribution is 2.34. The number of hydrogen-bond acceptors (Lipinski definition) is 3. The van der Waals surface area contributed by atoms with E-state index in [9.17, 15) is 4.79 Å². The van der Waals surface area contributed by atoms with Crippen LogP contribution >= 0.6 is 15.9 Å². The zero-order chi connectivity index (χ0) is 16.2. The summed E-state index contributed by atoms with van der Waals surface area (Å²) in [6, 6.07) is 5.99. The fraction of sp³-hybridized carbons (Fsp3) is 0.500. The van der Waals surface area contributed by atoms with Gasteiger partial charge in [-0.15, -0.1) is 6.42 Å². The zero-order valence-corrected chi connectivity index (χ0v) is 14.6. The average Bonchev–Trinajstić information content (AvgIpc) is 2.56. The minimum absolute atomic E-state index is 0.0347. The van der Waals surface area contributed by atoms with Crippen molar-refractivity contribution in [3.63, 3.8) is 0 Å². The molecule has 0 spiro atoms. The first-order chi connectivity index (χ1) is 11.2. The summed E-state index contributed by atoms with van der Waals surface area (Å²) in [5.74, 6) is 3.78. The lowest BCUT2D eigenvalue weighted by Gasteiger charge is -2.32. The standard InChI is InChI=1S/C18H21BrN2O2/c1-2-8-21-9-5-13(6-10-21)18(22)20-16-7-11-23-17-4-3-14(19)12-15(16)17/h1,3-4,12-13,16H,5-11H2,(H,20,22)/t16-/m1/s1. The average molecular weight is 377 g/mol. The largest absolute Gasteiger partial charge is 0.493 e. The van der Waals surface area contributed by atoms with E-state index in [2.05, 4.69) is 32.1 Å². The van der Waals surface area contributed by atoms with Gasteiger partial charge in [0.15, 0.2) is 0 Å². The molecule has 0 aliphatic carbocycles. The van der Waals surface area contributed by atoms with Crippen LogP contribution in [-0.4, -0.2) is 37.0 Å². The van der Waals surface area contributed by atoms with Crippen molar-refractivity contribution in [2.45, 2.75) is 25.3 Å². The number of likely N-dealkylation sites (tertiary alicyclic amines) is 1. The van der Waals surface area contributed by atoms with Gasteiger partial charge in [-0.3, -0.25) is 9.69 Å². The Morgan fingerprint density at radius 2 is 2.17 bits per heavy atom. The molecule has 1 N–H and O–H groups in total. The van der Waals surface area contributed by atoms with Crippen molar-refractivity contribution >= 4 is 21.8 Å². The number of ether oxygens (including phenoxy) is 1. The predicted octanol–water partition coefficient (Wildman–Crippen LogP) is 2.73. The van der Waals surface area contributed by atoms with Gasteiger partial charge in [0, 0.05) is 22.4 Å². The summed E-state index contributed by atoms with van der Waals surface area (Å²) in [6.07, 6.45) is 7.91. The first-order valence-electron chi connectivity index (χ1n) is 8.06. The van der Waals surface area contributed by atoms with Crippen molar-refractivity contribution in [1.29, 1.82) is 0 Å². The third-order valence-electron chi connectivity index (χ3n) is 4.60. The van der Waals surface area contributed by atoms with Gasteiger partial charge in [-0.1, -0.05) is 21.9 Å². The minimum atomic E-state index is 0.0347. The molecule has 3 rings (SSSR count). The van der Waals surface area contributed by atoms with Crippen molar-refractivity contribution in [3.8, 4) is 18.1 Å². The lowest BCUT2D eigenvalue weighted by atomic mass is 9.94. The van der Waals surface area contributed by atoms with Crippen LogP contribution in [0.5, 0.6) is 5.75 Å². The number of halogens is 1. The number of benzene rings is 1. The molecule has 1 fully saturated rings. The van der Waals surface area contributed by atoms with Gasteiger partial charge in [-0.05, 0) is 44.1 Å². The van der Waals surface area contributed by atoms with E-state index in [4.69, 9.17) is 11.2 Å². The summed E-state index contributed by atoms with van der Waals surface area (Å²) in [4.78, 5) is 14.8. The number of carbonyl (C=O) groups excluding carboxylic acids is 1. The SMILES string of the molecule is C#CCN1CCC(C(=O)N[C@@H]2CCOc3ccc(Br)cc32)CC1. The molecule has 0 unspecified atom stereocenters. The Bertz CT molecular complexity index is 618. The van der Waals surface area contributed by atoms with Crippen LogP contribution in [0.25, 0.3) is 0 Å². The van der Waals surface area contributed by atoms with Crippen LogP contribution < -0.4 is 10.1 Å². The van der Waals surface area contributed by atoms with Gasteiger partial charge in [-0.25, -0.2) is 0 Å². The third-order valence-corrected chi connectivity index (χ3v) is 5.09. The Kier molecular flexibility index (Phi) is 5.24. The number of rotatable bonds is 3. The van der Waals surface area contributed by atoms with Gasteiger partial charge in [0.25, 0.3) is 0 Å². The van der Waals surface area contributed by atoms with E-state index in [0.29, 0.717) is 13.2 Å². The molecular formula is C18H21BrN2O2. The number of hydrogen-bond donors (Lipinski definition) is 1. The lowest BCUT2D eigenvalue weighted by Crippen LogP contribution is -2.42. The van der Waals surface area contributed by atoms with E-state index in [0.717, 1.165) is 48.1 Å². The Balaban J connectivity index is 1.61. The van der Waals surface area contributed by atoms with E-state index in [1.165, 1.54) is 0 Å². The monoisotopic (exact) mass is 376 g/mol. The second-order valence-corrected chi connectivity index (χ2v) is 7.05. The number of fused-ring (bicyclic) bond motifs is 1. The highest BCUT2D eigenvalue weighted by molar-refractivity contribution is 9.10. The molecule has 2 aliphatic heterocycles. The fourth-order valence-electron chi connectivity index (χ4n) is 3.29. The molecule has 0 saturated carbocycles. The van der Waals surface area contributed by atoms with Gasteiger partial charge in [-0.2, -0.15) is 0 Å². The summed E-state index contributed by atoms with van der Waals surface area (Å²) >= 11 is 3.49. The van der Waals surface area contributed by atoms with Crippen molar-refractivity contribution in [2.75, 3.05) is 26.2 Å². The maximum atomic E-state index is 12.6. The molecule has 1 amide bonds. The molecule has 2 aliphatic rings. The molecule has 0 bridgehead atoms. The van der Waals surface area contributed by atoms with Crippen LogP contribution in [0.1, 0.15) is 30.9 Å². The van der Waals surface area contributed by atoms with Crippen molar-refractivity contribution in [2.24, 2.45) is 5.92 Å². The van der Waals surface area contributed by atoms with Crippen LogP contribution in [0.3, 0.4) is 0 Å². The molecule has 1 aromatic carbocycles. The number of terminal acetylenes is 1. The first kappa shape index (κ1) is 16.4. The van der Waals surface area contributed by atoms with Gasteiger partial charge in [0.2, 0.25) is 5.91 Å². The molecule has 23 heavy (non-hydrogen) atoms. The van der Waals surface area contributed by atoms with E-state index in [1.807, 2.05) is 18.2 Å². The minimum Gasteiger partial charge on any atom is -0.493 e. The summed E-state index contributed by atoms with van der Waals surface area (Å²) < 4.78 is 6.68. The Morgan fingerprint density at radius 1 is 1.39 bits per heavy atom. The number of nitrogens with one attached hydrogen (secondary N) is 1. The van der Waals surface area contributed by atoms with Crippen LogP contribution in [0.2, 0.25) is 0 Å². The smallest absolute Gasteiger partial charge is 0.223 e. The number of carbonyl (C=O) groups is 1. The maximum absolute atomic E-state index is 12.6. The van der Waals surface area contributed by atoms with Gasteiger partial charge in [0.05, 0.1) is 19.2 Å². The molecule has 1 atom stereocenters. The second kappa shape index (κ2) is 7.37. The summed E-state index contributed by atoms with van der Waals surface area (Å²) in [6.45, 7) is 3.12. The molecule has 1 saturated heterocycles. The predicted molar refractivity (Wildman–Crippen MR) is 93.1 cm³/mol. The quantitative estimate of drug-likeness (QED) is 0.824. The maximum Gasteiger partial charge on any atom is 0.223 e. The van der Waals surface area contributed by atoms with Crippen LogP contribution in [0.15, 0.2) is 22.7 Å². The molecular weight excluding hydrogens is 356 g/mol. The topological polar surface area (TPSA) is 41.6 Å². The molecule has 5 heteroatoms. The van der Waals surface area contributed by atoms with Crippen LogP contribution in [0.4, 0.5) is 0 Å². The zero-order valence-electron chi connectivity index (χ0n) is 13.1. The number of nitrogens with zero attached hydrogens (tertiary/aromatic N) is 1. The van der Waals surface area contributed by atoms with Gasteiger partial charge < -0.3 is 10.1 Å². The summed E-state index contributed by atoms with van der Waals surface area (Å²) in [5, 5.41) is 3.22. The van der Waals surface area contributed by atoms with E-state index in [1.54, 1.807) is 0 Å². The number of piperidine rings is 1. The number of amides is 1. The molecule has 0 aromatic heterocycles. The summed E-state index contributed by atoms with van der Waals surface area (Å²) in [5.41, 5.74) is 1.06. The van der Waals surface area contributed by atoms with Crippen molar-refractivity contribution in [1.82, 2.24) is 10.2 Å². The Morgan fingerprint density at radius 3 is 2.91 bits per heavy atom. The summed E-state index contributed by atoms with van der Waals surface area (Å²) in [7, 11) is 0. The van der Waals surface area contributed by atoms with Crippen molar-refractivity contribution in [3.05, 3.63) is 28.2 Å². The van der Waals surface area contributed by atoms with Crippen LogP contribution in [0, 0.1) is 18.3 Å². The fourth-order valence-corrected chi connectivity index (χ4v) is 3.67. The lowest BCUT2D eigenvalue weighted by molar-refractivity contribution is -0.127.